The molecular weight excluding hydrogens is 218 g/mol. The number of nitrogens with two attached hydrogens (primary N) is 1. The number of ether oxygens (including phenoxy) is 1. The summed E-state index contributed by atoms with van der Waals surface area (Å²) in [5, 5.41) is 4.33. The third-order valence-electron chi connectivity index (χ3n) is 2.48. The van der Waals surface area contributed by atoms with Crippen molar-refractivity contribution in [2.24, 2.45) is 0 Å². The number of anilines is 1. The van der Waals surface area contributed by atoms with Gasteiger partial charge in [0, 0.05) is 6.07 Å². The predicted molar refractivity (Wildman–Crippen MR) is 64.2 cm³/mol. The van der Waals surface area contributed by atoms with E-state index in [4.69, 9.17) is 10.5 Å². The molecule has 0 aliphatic carbocycles. The lowest BCUT2D eigenvalue weighted by Gasteiger charge is -2.05. The Hall–Kier alpha value is -2.11. The molecule has 2 N–H and O–H groups in total. The molecule has 0 aliphatic rings. The second kappa shape index (κ2) is 4.40. The van der Waals surface area contributed by atoms with Gasteiger partial charge in [-0.2, -0.15) is 5.10 Å². The van der Waals surface area contributed by atoms with Gasteiger partial charge in [0.1, 0.15) is 6.33 Å². The lowest BCUT2D eigenvalue weighted by atomic mass is 10.3. The summed E-state index contributed by atoms with van der Waals surface area (Å²) in [5.74, 6) is 1.18. The molecule has 0 saturated carbocycles. The average molecular weight is 233 g/mol. The Morgan fingerprint density at radius 3 is 2.71 bits per heavy atom. The topological polar surface area (TPSA) is 78.9 Å². The zero-order valence-electron chi connectivity index (χ0n) is 10.1. The van der Waals surface area contributed by atoms with E-state index >= 15 is 0 Å². The second-order valence-corrected chi connectivity index (χ2v) is 3.64. The van der Waals surface area contributed by atoms with Gasteiger partial charge in [-0.05, 0) is 20.8 Å². The van der Waals surface area contributed by atoms with E-state index in [0.29, 0.717) is 24.0 Å². The van der Waals surface area contributed by atoms with Gasteiger partial charge in [-0.15, -0.1) is 0 Å². The van der Waals surface area contributed by atoms with Crippen LogP contribution in [0.25, 0.3) is 5.82 Å². The molecule has 2 rings (SSSR count). The fourth-order valence-corrected chi connectivity index (χ4v) is 1.55. The summed E-state index contributed by atoms with van der Waals surface area (Å²) < 4.78 is 7.01. The summed E-state index contributed by atoms with van der Waals surface area (Å²) in [6.07, 6.45) is 1.45. The smallest absolute Gasteiger partial charge is 0.218 e. The molecule has 0 bridgehead atoms. The number of hydrogen-bond acceptors (Lipinski definition) is 5. The molecule has 0 spiro atoms. The van der Waals surface area contributed by atoms with Crippen molar-refractivity contribution in [1.29, 1.82) is 0 Å². The SMILES string of the molecule is CCOc1cc(-n2nc(C)c(N)c2C)ncn1. The summed E-state index contributed by atoms with van der Waals surface area (Å²) in [5.41, 5.74) is 8.22. The maximum Gasteiger partial charge on any atom is 0.218 e. The van der Waals surface area contributed by atoms with Crippen LogP contribution in [0.2, 0.25) is 0 Å². The first-order chi connectivity index (χ1) is 8.13. The first kappa shape index (κ1) is 11.4. The predicted octanol–water partition coefficient (Wildman–Crippen LogP) is 1.26. The van der Waals surface area contributed by atoms with Crippen molar-refractivity contribution in [3.05, 3.63) is 23.8 Å². The van der Waals surface area contributed by atoms with E-state index in [0.717, 1.165) is 11.4 Å². The summed E-state index contributed by atoms with van der Waals surface area (Å²) in [6.45, 7) is 6.24. The molecule has 0 aliphatic heterocycles. The van der Waals surface area contributed by atoms with Crippen LogP contribution in [0.15, 0.2) is 12.4 Å². The summed E-state index contributed by atoms with van der Waals surface area (Å²) >= 11 is 0. The van der Waals surface area contributed by atoms with Crippen LogP contribution in [-0.4, -0.2) is 26.4 Å². The van der Waals surface area contributed by atoms with Crippen molar-refractivity contribution in [3.8, 4) is 11.7 Å². The van der Waals surface area contributed by atoms with Gasteiger partial charge in [-0.25, -0.2) is 14.6 Å². The average Bonchev–Trinajstić information content (AvgIpc) is 2.58. The molecule has 0 saturated heterocycles. The molecule has 2 aromatic heterocycles. The van der Waals surface area contributed by atoms with Crippen molar-refractivity contribution in [2.75, 3.05) is 12.3 Å². The summed E-state index contributed by atoms with van der Waals surface area (Å²) in [4.78, 5) is 8.17. The van der Waals surface area contributed by atoms with Crippen LogP contribution < -0.4 is 10.5 Å². The number of rotatable bonds is 3. The first-order valence-corrected chi connectivity index (χ1v) is 5.40. The molecule has 0 atom stereocenters. The quantitative estimate of drug-likeness (QED) is 0.863. The standard InChI is InChI=1S/C11H15N5O/c1-4-17-10-5-9(13-6-14-10)16-8(3)11(12)7(2)15-16/h5-6H,4,12H2,1-3H3. The third kappa shape index (κ3) is 2.06. The van der Waals surface area contributed by atoms with E-state index in [1.807, 2.05) is 20.8 Å². The molecule has 0 unspecified atom stereocenters. The number of aryl methyl sites for hydroxylation is 1. The molecular formula is C11H15N5O. The van der Waals surface area contributed by atoms with Crippen LogP contribution in [0.5, 0.6) is 5.88 Å². The third-order valence-corrected chi connectivity index (χ3v) is 2.48. The van der Waals surface area contributed by atoms with Crippen molar-refractivity contribution in [2.45, 2.75) is 20.8 Å². The second-order valence-electron chi connectivity index (χ2n) is 3.64. The van der Waals surface area contributed by atoms with Crippen LogP contribution in [0.1, 0.15) is 18.3 Å². The van der Waals surface area contributed by atoms with E-state index in [1.54, 1.807) is 10.7 Å². The van der Waals surface area contributed by atoms with Crippen molar-refractivity contribution in [1.82, 2.24) is 19.7 Å². The maximum atomic E-state index is 5.88. The van der Waals surface area contributed by atoms with Crippen LogP contribution in [-0.2, 0) is 0 Å². The van der Waals surface area contributed by atoms with Gasteiger partial charge >= 0.3 is 0 Å². The van der Waals surface area contributed by atoms with Crippen molar-refractivity contribution < 1.29 is 4.74 Å². The molecule has 6 heteroatoms. The van der Waals surface area contributed by atoms with Crippen LogP contribution in [0.3, 0.4) is 0 Å². The molecule has 2 aromatic rings. The number of nitrogen functional groups attached to an aromatic ring is 1. The highest BCUT2D eigenvalue weighted by molar-refractivity contribution is 5.49. The van der Waals surface area contributed by atoms with Crippen LogP contribution in [0.4, 0.5) is 5.69 Å². The number of aromatic nitrogens is 4. The zero-order chi connectivity index (χ0) is 12.4. The Labute approximate surface area is 99.4 Å². The van der Waals surface area contributed by atoms with E-state index in [2.05, 4.69) is 15.1 Å². The fourth-order valence-electron chi connectivity index (χ4n) is 1.55. The first-order valence-electron chi connectivity index (χ1n) is 5.40. The van der Waals surface area contributed by atoms with E-state index in [1.165, 1.54) is 6.33 Å². The summed E-state index contributed by atoms with van der Waals surface area (Å²) in [6, 6.07) is 1.74. The molecule has 0 aromatic carbocycles. The summed E-state index contributed by atoms with van der Waals surface area (Å²) in [7, 11) is 0. The molecule has 6 nitrogen and oxygen atoms in total. The molecule has 90 valence electrons. The highest BCUT2D eigenvalue weighted by atomic mass is 16.5. The van der Waals surface area contributed by atoms with Crippen LogP contribution >= 0.6 is 0 Å². The minimum absolute atomic E-state index is 0.531. The van der Waals surface area contributed by atoms with Crippen molar-refractivity contribution in [3.63, 3.8) is 0 Å². The van der Waals surface area contributed by atoms with Gasteiger partial charge in [-0.3, -0.25) is 0 Å². The monoisotopic (exact) mass is 233 g/mol. The Balaban J connectivity index is 2.45. The Kier molecular flexibility index (Phi) is 2.95. The Bertz CT molecular complexity index is 535. The van der Waals surface area contributed by atoms with Gasteiger partial charge in [-0.1, -0.05) is 0 Å². The van der Waals surface area contributed by atoms with Gasteiger partial charge in [0.2, 0.25) is 5.88 Å². The Morgan fingerprint density at radius 1 is 1.35 bits per heavy atom. The molecule has 0 amide bonds. The molecule has 17 heavy (non-hydrogen) atoms. The molecule has 0 fully saturated rings. The minimum Gasteiger partial charge on any atom is -0.478 e. The lowest BCUT2D eigenvalue weighted by molar-refractivity contribution is 0.326. The van der Waals surface area contributed by atoms with Gasteiger partial charge in [0.25, 0.3) is 0 Å². The highest BCUT2D eigenvalue weighted by Gasteiger charge is 2.11. The minimum atomic E-state index is 0.531. The maximum absolute atomic E-state index is 5.88. The van der Waals surface area contributed by atoms with E-state index in [9.17, 15) is 0 Å². The van der Waals surface area contributed by atoms with Crippen molar-refractivity contribution >= 4 is 5.69 Å². The van der Waals surface area contributed by atoms with Gasteiger partial charge < -0.3 is 10.5 Å². The lowest BCUT2D eigenvalue weighted by Crippen LogP contribution is -2.04. The normalized spacial score (nSPS) is 10.5. The number of hydrogen-bond donors (Lipinski definition) is 1. The highest BCUT2D eigenvalue weighted by Crippen LogP contribution is 2.19. The molecule has 2 heterocycles. The van der Waals surface area contributed by atoms with E-state index in [-0.39, 0.29) is 0 Å². The zero-order valence-corrected chi connectivity index (χ0v) is 10.1. The van der Waals surface area contributed by atoms with E-state index < -0.39 is 0 Å². The molecule has 0 radical (unpaired) electrons. The Morgan fingerprint density at radius 2 is 2.12 bits per heavy atom. The van der Waals surface area contributed by atoms with Crippen LogP contribution in [0, 0.1) is 13.8 Å². The largest absolute Gasteiger partial charge is 0.478 e. The van der Waals surface area contributed by atoms with Gasteiger partial charge in [0.15, 0.2) is 5.82 Å². The fraction of sp³-hybridized carbons (Fsp3) is 0.364. The van der Waals surface area contributed by atoms with Gasteiger partial charge in [0.05, 0.1) is 23.7 Å². The number of nitrogens with zero attached hydrogens (tertiary/aromatic N) is 4.